The quantitative estimate of drug-likeness (QED) is 0.431. The van der Waals surface area contributed by atoms with Gasteiger partial charge in [0.25, 0.3) is 0 Å². The highest BCUT2D eigenvalue weighted by Gasteiger charge is 2.39. The third-order valence-corrected chi connectivity index (χ3v) is 6.30. The van der Waals surface area contributed by atoms with Gasteiger partial charge in [0.1, 0.15) is 14.6 Å². The molecule has 0 saturated heterocycles. The predicted molar refractivity (Wildman–Crippen MR) is 73.1 cm³/mol. The lowest BCUT2D eigenvalue weighted by atomic mass is 9.95. The van der Waals surface area contributed by atoms with Crippen LogP contribution in [0.5, 0.6) is 11.5 Å². The summed E-state index contributed by atoms with van der Waals surface area (Å²) >= 11 is 7.92. The van der Waals surface area contributed by atoms with Crippen LogP contribution in [0.2, 0.25) is 0 Å². The first-order chi connectivity index (χ1) is 8.16. The van der Waals surface area contributed by atoms with Crippen LogP contribution in [-0.4, -0.2) is 10.2 Å². The molecule has 0 amide bonds. The second-order valence-corrected chi connectivity index (χ2v) is 7.70. The second-order valence-electron chi connectivity index (χ2n) is 4.47. The van der Waals surface area contributed by atoms with Crippen molar-refractivity contribution in [2.24, 2.45) is 0 Å². The van der Waals surface area contributed by atoms with Crippen molar-refractivity contribution < 1.29 is 10.2 Å². The van der Waals surface area contributed by atoms with Crippen molar-refractivity contribution in [3.05, 3.63) is 26.4 Å². The fourth-order valence-electron chi connectivity index (χ4n) is 2.97. The maximum Gasteiger partial charge on any atom is 0.145 e. The molecule has 2 unspecified atom stereocenters. The molecule has 0 spiro atoms. The molecule has 5 heteroatoms. The molecule has 2 aromatic rings. The van der Waals surface area contributed by atoms with E-state index in [-0.39, 0.29) is 11.8 Å². The Morgan fingerprint density at radius 2 is 1.47 bits per heavy atom. The summed E-state index contributed by atoms with van der Waals surface area (Å²) in [6.07, 6.45) is 5.24. The summed E-state index contributed by atoms with van der Waals surface area (Å²) in [5.41, 5.74) is 1.85. The Hall–Kier alpha value is -0.910. The summed E-state index contributed by atoms with van der Waals surface area (Å²) < 4.78 is 2.24. The first kappa shape index (κ1) is 10.1. The third kappa shape index (κ3) is 1.12. The Labute approximate surface area is 110 Å². The normalized spacial score (nSPS) is 24.7. The Morgan fingerprint density at radius 3 is 1.94 bits per heavy atom. The summed E-state index contributed by atoms with van der Waals surface area (Å²) in [5, 5.41) is 20.7. The molecule has 1 heterocycles. The average molecular weight is 280 g/mol. The smallest absolute Gasteiger partial charge is 0.145 e. The van der Waals surface area contributed by atoms with Gasteiger partial charge in [0, 0.05) is 23.0 Å². The summed E-state index contributed by atoms with van der Waals surface area (Å²) in [5.74, 6) is 1.21. The highest BCUT2D eigenvalue weighted by molar-refractivity contribution is 7.77. The number of allylic oxidation sites excluding steroid dienone is 2. The molecule has 2 aliphatic carbocycles. The van der Waals surface area contributed by atoms with Crippen molar-refractivity contribution in [1.82, 2.24) is 0 Å². The van der Waals surface area contributed by atoms with Crippen LogP contribution in [0.15, 0.2) is 12.2 Å². The number of benzene rings is 1. The average Bonchev–Trinajstić information content (AvgIpc) is 2.97. The Balaban J connectivity index is 2.23. The number of hydrogen-bond donors (Lipinski definition) is 2. The molecule has 0 saturated carbocycles. The largest absolute Gasteiger partial charge is 0.506 e. The lowest BCUT2D eigenvalue weighted by Crippen LogP contribution is -1.94. The third-order valence-electron chi connectivity index (χ3n) is 3.63. The van der Waals surface area contributed by atoms with Crippen molar-refractivity contribution in [3.63, 3.8) is 0 Å². The molecule has 2 N–H and O–H groups in total. The molecule has 17 heavy (non-hydrogen) atoms. The fourth-order valence-corrected chi connectivity index (χ4v) is 5.51. The molecule has 86 valence electrons. The Bertz CT molecular complexity index is 680. The zero-order chi connectivity index (χ0) is 11.7. The van der Waals surface area contributed by atoms with E-state index in [2.05, 4.69) is 12.2 Å². The molecule has 2 nitrogen and oxygen atoms in total. The monoisotopic (exact) mass is 280 g/mol. The van der Waals surface area contributed by atoms with E-state index in [0.717, 1.165) is 30.1 Å². The van der Waals surface area contributed by atoms with E-state index in [1.807, 2.05) is 0 Å². The molecule has 0 radical (unpaired) electrons. The van der Waals surface area contributed by atoms with E-state index in [0.29, 0.717) is 11.5 Å². The number of rotatable bonds is 0. The minimum absolute atomic E-state index is 0.269. The standard InChI is InChI=1S/C12H8O2S3/c13-8-6-4-1-2-5(3-4)7(6)9(14)11-10(8)16-12(15)17-11/h1-2,4-5,13-14H,3H2. The van der Waals surface area contributed by atoms with E-state index >= 15 is 0 Å². The van der Waals surface area contributed by atoms with Crippen LogP contribution < -0.4 is 0 Å². The van der Waals surface area contributed by atoms with Gasteiger partial charge in [0.15, 0.2) is 0 Å². The Kier molecular flexibility index (Phi) is 1.83. The number of phenolic OH excluding ortho intramolecular Hbond substituents is 2. The molecule has 4 rings (SSSR count). The van der Waals surface area contributed by atoms with E-state index in [1.165, 1.54) is 22.7 Å². The van der Waals surface area contributed by atoms with Crippen molar-refractivity contribution in [2.75, 3.05) is 0 Å². The zero-order valence-corrected chi connectivity index (χ0v) is 11.1. The topological polar surface area (TPSA) is 40.5 Å². The number of fused-ring (bicyclic) bond motifs is 6. The van der Waals surface area contributed by atoms with Crippen LogP contribution in [0.25, 0.3) is 9.40 Å². The summed E-state index contributed by atoms with van der Waals surface area (Å²) in [6.45, 7) is 0. The SMILES string of the molecule is Oc1c2c(c(O)c3sc(=S)sc13)C1C=CC2C1. The van der Waals surface area contributed by atoms with Crippen LogP contribution in [0.4, 0.5) is 0 Å². The van der Waals surface area contributed by atoms with Crippen LogP contribution in [0.1, 0.15) is 29.4 Å². The van der Waals surface area contributed by atoms with E-state index < -0.39 is 0 Å². The molecule has 2 aliphatic rings. The van der Waals surface area contributed by atoms with Crippen LogP contribution in [0.3, 0.4) is 0 Å². The summed E-state index contributed by atoms with van der Waals surface area (Å²) in [4.78, 5) is 0. The van der Waals surface area contributed by atoms with Crippen molar-refractivity contribution in [2.45, 2.75) is 18.3 Å². The first-order valence-corrected chi connectivity index (χ1v) is 7.40. The van der Waals surface area contributed by atoms with E-state index in [4.69, 9.17) is 12.2 Å². The van der Waals surface area contributed by atoms with E-state index in [9.17, 15) is 10.2 Å². The number of hydrogen-bond acceptors (Lipinski definition) is 5. The predicted octanol–water partition coefficient (Wildman–Crippen LogP) is 4.24. The molecular weight excluding hydrogens is 272 g/mol. The zero-order valence-electron chi connectivity index (χ0n) is 8.64. The molecule has 1 aromatic carbocycles. The number of phenols is 2. The number of aromatic hydroxyl groups is 2. The lowest BCUT2D eigenvalue weighted by Gasteiger charge is -2.14. The van der Waals surface area contributed by atoms with Crippen molar-refractivity contribution >= 4 is 44.3 Å². The van der Waals surface area contributed by atoms with Gasteiger partial charge >= 0.3 is 0 Å². The first-order valence-electron chi connectivity index (χ1n) is 5.36. The highest BCUT2D eigenvalue weighted by atomic mass is 32.2. The Morgan fingerprint density at radius 1 is 1.00 bits per heavy atom. The van der Waals surface area contributed by atoms with Crippen LogP contribution >= 0.6 is 34.9 Å². The van der Waals surface area contributed by atoms with Crippen molar-refractivity contribution in [3.8, 4) is 11.5 Å². The van der Waals surface area contributed by atoms with Crippen molar-refractivity contribution in [1.29, 1.82) is 0 Å². The van der Waals surface area contributed by atoms with Crippen LogP contribution in [0, 0.1) is 3.14 Å². The molecular formula is C12H8O2S3. The molecule has 2 atom stereocenters. The molecule has 0 aliphatic heterocycles. The minimum atomic E-state index is 0.269. The second kappa shape index (κ2) is 3.10. The van der Waals surface area contributed by atoms with E-state index in [1.54, 1.807) is 0 Å². The lowest BCUT2D eigenvalue weighted by molar-refractivity contribution is 0.461. The maximum atomic E-state index is 10.4. The van der Waals surface area contributed by atoms with Gasteiger partial charge in [-0.15, -0.1) is 22.7 Å². The van der Waals surface area contributed by atoms with Gasteiger partial charge in [-0.2, -0.15) is 0 Å². The van der Waals surface area contributed by atoms with Gasteiger partial charge < -0.3 is 10.2 Å². The highest BCUT2D eigenvalue weighted by Crippen LogP contribution is 2.59. The fraction of sp³-hybridized carbons (Fsp3) is 0.250. The maximum absolute atomic E-state index is 10.4. The molecule has 1 aromatic heterocycles. The summed E-state index contributed by atoms with van der Waals surface area (Å²) in [6, 6.07) is 0. The van der Waals surface area contributed by atoms with Gasteiger partial charge in [-0.1, -0.05) is 24.4 Å². The van der Waals surface area contributed by atoms with Gasteiger partial charge in [-0.05, 0) is 6.42 Å². The molecule has 0 fully saturated rings. The van der Waals surface area contributed by atoms with Gasteiger partial charge in [-0.25, -0.2) is 0 Å². The van der Waals surface area contributed by atoms with Gasteiger partial charge in [-0.3, -0.25) is 0 Å². The van der Waals surface area contributed by atoms with Gasteiger partial charge in [0.05, 0.1) is 9.40 Å². The summed E-state index contributed by atoms with van der Waals surface area (Å²) in [7, 11) is 0. The minimum Gasteiger partial charge on any atom is -0.506 e. The molecule has 2 bridgehead atoms. The van der Waals surface area contributed by atoms with Crippen LogP contribution in [-0.2, 0) is 0 Å². The van der Waals surface area contributed by atoms with Gasteiger partial charge in [0.2, 0.25) is 0 Å².